The number of pyridine rings is 1. The van der Waals surface area contributed by atoms with Crippen LogP contribution in [0.5, 0.6) is 0 Å². The van der Waals surface area contributed by atoms with Crippen LogP contribution in [0.15, 0.2) is 121 Å². The van der Waals surface area contributed by atoms with Gasteiger partial charge in [-0.15, -0.1) is 54.1 Å². The van der Waals surface area contributed by atoms with Crippen molar-refractivity contribution in [2.75, 3.05) is 0 Å². The average Bonchev–Trinajstić information content (AvgIpc) is 3.67. The Morgan fingerprint density at radius 3 is 2.32 bits per heavy atom. The van der Waals surface area contributed by atoms with E-state index >= 15 is 0 Å². The van der Waals surface area contributed by atoms with E-state index < -0.39 is 8.07 Å². The Labute approximate surface area is 312 Å². The van der Waals surface area contributed by atoms with E-state index in [1.807, 2.05) is 72.8 Å². The van der Waals surface area contributed by atoms with Crippen molar-refractivity contribution < 1.29 is 24.5 Å². The third-order valence-corrected chi connectivity index (χ3v) is 11.9. The number of nitrogens with zero attached hydrogens (tertiary/aromatic N) is 3. The normalized spacial score (nSPS) is 11.5. The maximum Gasteiger partial charge on any atom is 0.123 e. The zero-order chi connectivity index (χ0) is 34.1. The van der Waals surface area contributed by atoms with Crippen molar-refractivity contribution in [2.45, 2.75) is 39.9 Å². The number of rotatable bonds is 6. The second-order valence-electron chi connectivity index (χ2n) is 13.8. The molecule has 3 nitrogen and oxygen atoms in total. The summed E-state index contributed by atoms with van der Waals surface area (Å²) >= 11 is 1.65. The maximum atomic E-state index is 13.9. The van der Waals surface area contributed by atoms with Gasteiger partial charge in [-0.25, -0.2) is 4.39 Å². The summed E-state index contributed by atoms with van der Waals surface area (Å²) in [7, 11) is -1.34. The fourth-order valence-corrected chi connectivity index (χ4v) is 9.16. The van der Waals surface area contributed by atoms with Crippen LogP contribution in [-0.2, 0) is 26.5 Å². The number of fused-ring (bicyclic) bond motifs is 4. The monoisotopic (exact) mass is 868 g/mol. The molecular weight excluding hydrogens is 830 g/mol. The van der Waals surface area contributed by atoms with Crippen LogP contribution >= 0.6 is 11.3 Å². The molecule has 0 saturated carbocycles. The maximum absolute atomic E-state index is 13.9. The Balaban J connectivity index is 0.000000182. The second kappa shape index (κ2) is 14.9. The molecular formula is C43H38FIrN3SSi-2. The van der Waals surface area contributed by atoms with E-state index in [4.69, 9.17) is 4.98 Å². The Kier molecular flexibility index (Phi) is 10.6. The first-order valence-electron chi connectivity index (χ1n) is 16.7. The van der Waals surface area contributed by atoms with Crippen LogP contribution < -0.4 is 5.19 Å². The first-order chi connectivity index (χ1) is 23.7. The predicted octanol–water partition coefficient (Wildman–Crippen LogP) is 11.3. The number of benzene rings is 5. The summed E-state index contributed by atoms with van der Waals surface area (Å²) in [4.78, 5) is 9.65. The smallest absolute Gasteiger partial charge is 0.123 e. The third-order valence-electron chi connectivity index (χ3n) is 8.60. The summed E-state index contributed by atoms with van der Waals surface area (Å²) in [5, 5.41) is 3.46. The minimum Gasteiger partial charge on any atom is -0.333 e. The molecule has 0 unspecified atom stereocenters. The van der Waals surface area contributed by atoms with Gasteiger partial charge in [-0.1, -0.05) is 86.4 Å². The fraction of sp³-hybridized carbons (Fsp3) is 0.163. The van der Waals surface area contributed by atoms with E-state index in [-0.39, 0.29) is 25.9 Å². The van der Waals surface area contributed by atoms with Gasteiger partial charge in [0.25, 0.3) is 0 Å². The van der Waals surface area contributed by atoms with Crippen LogP contribution in [-0.4, -0.2) is 22.6 Å². The van der Waals surface area contributed by atoms with Gasteiger partial charge in [0, 0.05) is 36.7 Å². The molecule has 5 aromatic carbocycles. The van der Waals surface area contributed by atoms with Crippen LogP contribution in [0, 0.1) is 23.9 Å². The van der Waals surface area contributed by atoms with Crippen LogP contribution in [0.4, 0.5) is 4.39 Å². The van der Waals surface area contributed by atoms with E-state index in [1.165, 1.54) is 16.8 Å². The van der Waals surface area contributed by atoms with E-state index in [9.17, 15) is 4.39 Å². The van der Waals surface area contributed by atoms with Crippen LogP contribution in [0.25, 0.3) is 59.5 Å². The summed E-state index contributed by atoms with van der Waals surface area (Å²) in [6.45, 7) is 11.7. The van der Waals surface area contributed by atoms with E-state index in [1.54, 1.807) is 17.4 Å². The quantitative estimate of drug-likeness (QED) is 0.123. The van der Waals surface area contributed by atoms with Gasteiger partial charge in [0.1, 0.15) is 5.82 Å². The molecule has 8 aromatic rings. The molecule has 0 N–H and O–H groups in total. The molecule has 0 aliphatic heterocycles. The van der Waals surface area contributed by atoms with Crippen LogP contribution in [0.1, 0.15) is 19.4 Å². The zero-order valence-electron chi connectivity index (χ0n) is 28.8. The van der Waals surface area contributed by atoms with Gasteiger partial charge in [-0.2, -0.15) is 11.3 Å². The van der Waals surface area contributed by atoms with Gasteiger partial charge in [-0.3, -0.25) is 4.98 Å². The largest absolute Gasteiger partial charge is 0.333 e. The minimum atomic E-state index is -1.34. The average molecular weight is 868 g/mol. The summed E-state index contributed by atoms with van der Waals surface area (Å²) < 4.78 is 18.2. The molecule has 8 rings (SSSR count). The third kappa shape index (κ3) is 7.28. The van der Waals surface area contributed by atoms with Crippen molar-refractivity contribution in [3.63, 3.8) is 0 Å². The zero-order valence-corrected chi connectivity index (χ0v) is 33.0. The van der Waals surface area contributed by atoms with Crippen molar-refractivity contribution >= 4 is 55.8 Å². The summed E-state index contributed by atoms with van der Waals surface area (Å²) in [5.41, 5.74) is 7.57. The molecule has 3 heterocycles. The number of thiophene rings is 1. The fourth-order valence-electron chi connectivity index (χ4n) is 6.39. The van der Waals surface area contributed by atoms with Gasteiger partial charge in [0.05, 0.1) is 24.9 Å². The molecule has 0 atom stereocenters. The van der Waals surface area contributed by atoms with Crippen LogP contribution in [0.3, 0.4) is 0 Å². The molecule has 253 valence electrons. The molecule has 1 radical (unpaired) electrons. The molecule has 0 spiro atoms. The van der Waals surface area contributed by atoms with E-state index in [0.29, 0.717) is 5.92 Å². The summed E-state index contributed by atoms with van der Waals surface area (Å²) in [5.74, 6) is 1.29. The number of para-hydroxylation sites is 3. The Morgan fingerprint density at radius 2 is 1.58 bits per heavy atom. The summed E-state index contributed by atoms with van der Waals surface area (Å²) in [6.07, 6.45) is 3.24. The number of hydrogen-bond donors (Lipinski definition) is 0. The molecule has 50 heavy (non-hydrogen) atoms. The molecule has 0 amide bonds. The van der Waals surface area contributed by atoms with Crippen molar-refractivity contribution in [1.29, 1.82) is 0 Å². The first kappa shape index (κ1) is 35.6. The molecule has 0 fully saturated rings. The van der Waals surface area contributed by atoms with Gasteiger partial charge in [-0.05, 0) is 75.8 Å². The predicted molar refractivity (Wildman–Crippen MR) is 208 cm³/mol. The number of imidazole rings is 1. The first-order valence-corrected chi connectivity index (χ1v) is 21.0. The van der Waals surface area contributed by atoms with Crippen molar-refractivity contribution in [3.8, 4) is 28.3 Å². The van der Waals surface area contributed by atoms with E-state index in [2.05, 4.69) is 91.7 Å². The standard InChI is InChI=1S/C25H14FN2S.C18H24NSi.Ir/c26-16-13-14-23-20(15-16)18-9-6-10-19(24(18)29-23)25-27-21-11-4-5-12-22(21)28(25)17-7-2-1-3-8-17;1-14(2)11-16-12-17(15-9-7-6-8-10-15)19-13-18(16)20(3,4)5;/h1-9,11-15H;6-9,12-14H,11H2,1-5H3;/q2*-1;. The molecule has 0 bridgehead atoms. The van der Waals surface area contributed by atoms with E-state index in [0.717, 1.165) is 66.0 Å². The van der Waals surface area contributed by atoms with Gasteiger partial charge in [0.15, 0.2) is 0 Å². The number of hydrogen-bond acceptors (Lipinski definition) is 3. The van der Waals surface area contributed by atoms with Crippen molar-refractivity contribution in [1.82, 2.24) is 14.5 Å². The number of aromatic nitrogens is 3. The topological polar surface area (TPSA) is 30.7 Å². The summed E-state index contributed by atoms with van der Waals surface area (Å²) in [6, 6.07) is 44.3. The van der Waals surface area contributed by atoms with Crippen molar-refractivity contribution in [3.05, 3.63) is 145 Å². The number of halogens is 1. The Bertz CT molecular complexity index is 2400. The van der Waals surface area contributed by atoms with Crippen LogP contribution in [0.2, 0.25) is 19.6 Å². The van der Waals surface area contributed by atoms with Gasteiger partial charge < -0.3 is 9.55 Å². The molecule has 0 saturated heterocycles. The molecule has 3 aromatic heterocycles. The van der Waals surface area contributed by atoms with Crippen molar-refractivity contribution in [2.24, 2.45) is 5.92 Å². The Hall–Kier alpha value is -4.26. The molecule has 7 heteroatoms. The SMILES string of the molecule is CC(C)Cc1cc(-c2[c-]cccc2)ncc1[Si](C)(C)C.Fc1ccc2sc3c(-c4nc5ccccc5n4-c4ccccc4)[c-]ccc3c2c1.[Ir]. The van der Waals surface area contributed by atoms with Gasteiger partial charge in [0.2, 0.25) is 0 Å². The molecule has 0 aliphatic rings. The minimum absolute atomic E-state index is 0. The second-order valence-corrected chi connectivity index (χ2v) is 19.9. The molecule has 0 aliphatic carbocycles. The Morgan fingerprint density at radius 1 is 0.820 bits per heavy atom. The van der Waals surface area contributed by atoms with Gasteiger partial charge >= 0.3 is 0 Å².